The minimum Gasteiger partial charge on any atom is -0.454 e. The SMILES string of the molecule is C[C@H](OC(=O)[C@H]1CC(=O)N(c2ccc([N+](=O)[O-])cc2)C1)C(=O)c1ccccc1. The Bertz CT molecular complexity index is 910. The molecule has 3 rings (SSSR count). The first-order chi connectivity index (χ1) is 13.4. The summed E-state index contributed by atoms with van der Waals surface area (Å²) in [4.78, 5) is 48.6. The number of nitrogens with zero attached hydrogens (tertiary/aromatic N) is 2. The van der Waals surface area contributed by atoms with E-state index in [4.69, 9.17) is 4.74 Å². The van der Waals surface area contributed by atoms with Crippen molar-refractivity contribution in [2.75, 3.05) is 11.4 Å². The van der Waals surface area contributed by atoms with Crippen molar-refractivity contribution in [1.82, 2.24) is 0 Å². The van der Waals surface area contributed by atoms with Crippen molar-refractivity contribution < 1.29 is 24.0 Å². The van der Waals surface area contributed by atoms with Crippen LogP contribution in [-0.4, -0.2) is 35.2 Å². The van der Waals surface area contributed by atoms with Gasteiger partial charge < -0.3 is 9.64 Å². The molecule has 144 valence electrons. The number of rotatable bonds is 6. The molecule has 1 saturated heterocycles. The minimum atomic E-state index is -0.960. The quantitative estimate of drug-likeness (QED) is 0.329. The number of hydrogen-bond donors (Lipinski definition) is 0. The highest BCUT2D eigenvalue weighted by atomic mass is 16.6. The van der Waals surface area contributed by atoms with Gasteiger partial charge in [-0.25, -0.2) is 0 Å². The van der Waals surface area contributed by atoms with Crippen LogP contribution in [0.15, 0.2) is 54.6 Å². The van der Waals surface area contributed by atoms with Crippen LogP contribution in [0.3, 0.4) is 0 Å². The number of nitro benzene ring substituents is 1. The molecule has 1 aliphatic heterocycles. The van der Waals surface area contributed by atoms with E-state index in [-0.39, 0.29) is 30.3 Å². The third-order valence-corrected chi connectivity index (χ3v) is 4.55. The zero-order valence-electron chi connectivity index (χ0n) is 15.1. The first-order valence-corrected chi connectivity index (χ1v) is 8.71. The van der Waals surface area contributed by atoms with Crippen LogP contribution >= 0.6 is 0 Å². The molecule has 1 fully saturated rings. The highest BCUT2D eigenvalue weighted by Gasteiger charge is 2.37. The van der Waals surface area contributed by atoms with E-state index < -0.39 is 22.9 Å². The Hall–Kier alpha value is -3.55. The molecule has 0 unspecified atom stereocenters. The van der Waals surface area contributed by atoms with Crippen molar-refractivity contribution in [3.05, 3.63) is 70.3 Å². The number of esters is 1. The fraction of sp³-hybridized carbons (Fsp3) is 0.250. The Morgan fingerprint density at radius 1 is 1.14 bits per heavy atom. The van der Waals surface area contributed by atoms with E-state index in [1.54, 1.807) is 30.3 Å². The highest BCUT2D eigenvalue weighted by molar-refractivity contribution is 6.02. The van der Waals surface area contributed by atoms with Gasteiger partial charge in [0.1, 0.15) is 0 Å². The zero-order valence-corrected chi connectivity index (χ0v) is 15.1. The lowest BCUT2D eigenvalue weighted by atomic mass is 10.1. The third kappa shape index (κ3) is 4.06. The first kappa shape index (κ1) is 19.2. The summed E-state index contributed by atoms with van der Waals surface area (Å²) in [6, 6.07) is 14.0. The molecule has 1 aliphatic rings. The van der Waals surface area contributed by atoms with E-state index in [2.05, 4.69) is 0 Å². The van der Waals surface area contributed by atoms with Crippen LogP contribution in [0.2, 0.25) is 0 Å². The number of benzene rings is 2. The zero-order chi connectivity index (χ0) is 20.3. The van der Waals surface area contributed by atoms with Crippen LogP contribution in [0.4, 0.5) is 11.4 Å². The van der Waals surface area contributed by atoms with Crippen LogP contribution < -0.4 is 4.90 Å². The summed E-state index contributed by atoms with van der Waals surface area (Å²) < 4.78 is 5.28. The molecule has 28 heavy (non-hydrogen) atoms. The molecule has 0 N–H and O–H groups in total. The summed E-state index contributed by atoms with van der Waals surface area (Å²) in [5, 5.41) is 10.7. The molecular weight excluding hydrogens is 364 g/mol. The van der Waals surface area contributed by atoms with Gasteiger partial charge in [0.15, 0.2) is 6.10 Å². The molecule has 0 aromatic heterocycles. The fourth-order valence-electron chi connectivity index (χ4n) is 3.03. The molecular formula is C20H18N2O6. The average Bonchev–Trinajstić information content (AvgIpc) is 3.10. The normalized spacial score (nSPS) is 17.2. The number of non-ortho nitro benzene ring substituents is 1. The molecule has 1 heterocycles. The number of anilines is 1. The largest absolute Gasteiger partial charge is 0.454 e. The summed E-state index contributed by atoms with van der Waals surface area (Å²) in [5.41, 5.74) is 0.830. The van der Waals surface area contributed by atoms with Crippen molar-refractivity contribution in [2.45, 2.75) is 19.4 Å². The Kier molecular flexibility index (Phi) is 5.49. The topological polar surface area (TPSA) is 107 Å². The number of nitro groups is 1. The van der Waals surface area contributed by atoms with Crippen LogP contribution in [0.5, 0.6) is 0 Å². The summed E-state index contributed by atoms with van der Waals surface area (Å²) >= 11 is 0. The molecule has 0 saturated carbocycles. The van der Waals surface area contributed by atoms with Crippen LogP contribution in [-0.2, 0) is 14.3 Å². The van der Waals surface area contributed by atoms with Crippen molar-refractivity contribution >= 4 is 29.0 Å². The first-order valence-electron chi connectivity index (χ1n) is 8.71. The smallest absolute Gasteiger partial charge is 0.312 e. The number of amides is 1. The predicted molar refractivity (Wildman–Crippen MR) is 99.9 cm³/mol. The van der Waals surface area contributed by atoms with Gasteiger partial charge in [-0.2, -0.15) is 0 Å². The molecule has 0 bridgehead atoms. The van der Waals surface area contributed by atoms with Gasteiger partial charge >= 0.3 is 5.97 Å². The van der Waals surface area contributed by atoms with E-state index >= 15 is 0 Å². The van der Waals surface area contributed by atoms with E-state index in [1.165, 1.54) is 36.1 Å². The number of hydrogen-bond acceptors (Lipinski definition) is 6. The maximum Gasteiger partial charge on any atom is 0.312 e. The van der Waals surface area contributed by atoms with Gasteiger partial charge in [0.2, 0.25) is 11.7 Å². The van der Waals surface area contributed by atoms with Crippen molar-refractivity contribution in [3.63, 3.8) is 0 Å². The Balaban J connectivity index is 1.63. The van der Waals surface area contributed by atoms with Crippen molar-refractivity contribution in [1.29, 1.82) is 0 Å². The molecule has 0 radical (unpaired) electrons. The maximum absolute atomic E-state index is 12.4. The molecule has 0 aliphatic carbocycles. The number of carbonyl (C=O) groups excluding carboxylic acids is 3. The second kappa shape index (κ2) is 7.99. The van der Waals surface area contributed by atoms with Crippen LogP contribution in [0.25, 0.3) is 0 Å². The van der Waals surface area contributed by atoms with Crippen molar-refractivity contribution in [2.24, 2.45) is 5.92 Å². The Morgan fingerprint density at radius 3 is 2.39 bits per heavy atom. The number of ketones is 1. The summed E-state index contributed by atoms with van der Waals surface area (Å²) in [7, 11) is 0. The predicted octanol–water partition coefficient (Wildman–Crippen LogP) is 2.76. The van der Waals surface area contributed by atoms with Gasteiger partial charge in [0.25, 0.3) is 5.69 Å². The summed E-state index contributed by atoms with van der Waals surface area (Å²) in [6.45, 7) is 1.60. The van der Waals surface area contributed by atoms with Crippen LogP contribution in [0, 0.1) is 16.0 Å². The minimum absolute atomic E-state index is 0.0396. The second-order valence-corrected chi connectivity index (χ2v) is 6.49. The number of ether oxygens (including phenoxy) is 1. The number of carbonyl (C=O) groups is 3. The molecule has 1 amide bonds. The fourth-order valence-corrected chi connectivity index (χ4v) is 3.03. The van der Waals surface area contributed by atoms with Gasteiger partial charge in [-0.1, -0.05) is 30.3 Å². The Morgan fingerprint density at radius 2 is 1.79 bits per heavy atom. The lowest BCUT2D eigenvalue weighted by molar-refractivity contribution is -0.384. The molecule has 0 spiro atoms. The van der Waals surface area contributed by atoms with Gasteiger partial charge in [-0.05, 0) is 19.1 Å². The molecule has 2 aromatic rings. The lowest BCUT2D eigenvalue weighted by Crippen LogP contribution is -2.30. The van der Waals surface area contributed by atoms with E-state index in [0.717, 1.165) is 0 Å². The van der Waals surface area contributed by atoms with Gasteiger partial charge in [0.05, 0.1) is 10.8 Å². The Labute approximate surface area is 160 Å². The highest BCUT2D eigenvalue weighted by Crippen LogP contribution is 2.27. The molecule has 2 aromatic carbocycles. The summed E-state index contributed by atoms with van der Waals surface area (Å²) in [6.07, 6.45) is -0.999. The van der Waals surface area contributed by atoms with Gasteiger partial charge in [0, 0.05) is 36.3 Å². The van der Waals surface area contributed by atoms with E-state index in [1.807, 2.05) is 0 Å². The van der Waals surface area contributed by atoms with Gasteiger partial charge in [-0.3, -0.25) is 24.5 Å². The monoisotopic (exact) mass is 382 g/mol. The third-order valence-electron chi connectivity index (χ3n) is 4.55. The van der Waals surface area contributed by atoms with E-state index in [0.29, 0.717) is 11.3 Å². The maximum atomic E-state index is 12.4. The molecule has 8 nitrogen and oxygen atoms in total. The lowest BCUT2D eigenvalue weighted by Gasteiger charge is -2.17. The second-order valence-electron chi connectivity index (χ2n) is 6.49. The number of Topliss-reactive ketones (excluding diaryl/α,β-unsaturated/α-hetero) is 1. The van der Waals surface area contributed by atoms with Crippen molar-refractivity contribution in [3.8, 4) is 0 Å². The van der Waals surface area contributed by atoms with E-state index in [9.17, 15) is 24.5 Å². The molecule has 2 atom stereocenters. The average molecular weight is 382 g/mol. The summed E-state index contributed by atoms with van der Waals surface area (Å²) in [5.74, 6) is -1.91. The molecule has 8 heteroatoms. The van der Waals surface area contributed by atoms with Gasteiger partial charge in [-0.15, -0.1) is 0 Å². The standard InChI is InChI=1S/C20H18N2O6/c1-13(19(24)14-5-3-2-4-6-14)28-20(25)15-11-18(23)21(12-15)16-7-9-17(10-8-16)22(26)27/h2-10,13,15H,11-12H2,1H3/t13-,15-/m0/s1. The van der Waals surface area contributed by atoms with Crippen LogP contribution in [0.1, 0.15) is 23.7 Å².